The van der Waals surface area contributed by atoms with Crippen molar-refractivity contribution in [2.75, 3.05) is 13.7 Å². The van der Waals surface area contributed by atoms with Crippen LogP contribution in [0.2, 0.25) is 5.02 Å². The van der Waals surface area contributed by atoms with Gasteiger partial charge < -0.3 is 5.11 Å². The molecule has 5 nitrogen and oxygen atoms in total. The summed E-state index contributed by atoms with van der Waals surface area (Å²) in [6.07, 6.45) is 3.11. The summed E-state index contributed by atoms with van der Waals surface area (Å²) in [6.45, 7) is 0.157. The van der Waals surface area contributed by atoms with Crippen LogP contribution >= 0.6 is 11.6 Å². The number of aliphatic hydroxyl groups excluding tert-OH is 1. The zero-order chi connectivity index (χ0) is 16.3. The lowest BCUT2D eigenvalue weighted by Crippen LogP contribution is -2.39. The highest BCUT2D eigenvalue weighted by Crippen LogP contribution is 2.32. The molecule has 0 atom stereocenters. The molecule has 0 bridgehead atoms. The Morgan fingerprint density at radius 1 is 1.36 bits per heavy atom. The van der Waals surface area contributed by atoms with E-state index in [1.807, 2.05) is 6.07 Å². The van der Waals surface area contributed by atoms with Crippen LogP contribution in [-0.2, 0) is 10.0 Å². The van der Waals surface area contributed by atoms with Gasteiger partial charge in [0.2, 0.25) is 10.0 Å². The Kier molecular flexibility index (Phi) is 5.45. The highest BCUT2D eigenvalue weighted by atomic mass is 35.5. The molecule has 7 heteroatoms. The quantitative estimate of drug-likeness (QED) is 0.910. The van der Waals surface area contributed by atoms with Crippen LogP contribution in [0.1, 0.15) is 31.2 Å². The Morgan fingerprint density at radius 3 is 2.50 bits per heavy atom. The second-order valence-corrected chi connectivity index (χ2v) is 8.01. The summed E-state index contributed by atoms with van der Waals surface area (Å²) in [5.74, 6) is 0.269. The lowest BCUT2D eigenvalue weighted by atomic mass is 9.87. The Morgan fingerprint density at radius 2 is 2.00 bits per heavy atom. The van der Waals surface area contributed by atoms with E-state index in [9.17, 15) is 8.42 Å². The zero-order valence-electron chi connectivity index (χ0n) is 12.4. The van der Waals surface area contributed by atoms with E-state index in [0.717, 1.165) is 25.7 Å². The minimum atomic E-state index is -3.69. The standard InChI is InChI=1S/C15H19ClN2O3S/c1-18(13-5-2-11(10-19)3-6-13)22(20,21)15-7-4-12(9-17)8-14(15)16/h4,7-8,11,13,19H,2-3,5-6,10H2,1H3. The first-order valence-electron chi connectivity index (χ1n) is 7.18. The number of nitrogens with zero attached hydrogens (tertiary/aromatic N) is 2. The minimum Gasteiger partial charge on any atom is -0.396 e. The molecule has 1 aromatic rings. The first-order chi connectivity index (χ1) is 10.4. The van der Waals surface area contributed by atoms with Gasteiger partial charge in [0, 0.05) is 19.7 Å². The summed E-state index contributed by atoms with van der Waals surface area (Å²) in [6, 6.07) is 6.05. The van der Waals surface area contributed by atoms with Gasteiger partial charge in [-0.25, -0.2) is 8.42 Å². The Bertz CT molecular complexity index is 677. The number of nitriles is 1. The van der Waals surface area contributed by atoms with E-state index < -0.39 is 10.0 Å². The highest BCUT2D eigenvalue weighted by Gasteiger charge is 2.32. The molecule has 0 unspecified atom stereocenters. The molecule has 0 heterocycles. The molecule has 1 N–H and O–H groups in total. The third-order valence-electron chi connectivity index (χ3n) is 4.31. The van der Waals surface area contributed by atoms with Gasteiger partial charge in [-0.1, -0.05) is 11.6 Å². The fraction of sp³-hybridized carbons (Fsp3) is 0.533. The van der Waals surface area contributed by atoms with Crippen molar-refractivity contribution in [3.8, 4) is 6.07 Å². The largest absolute Gasteiger partial charge is 0.396 e. The molecule has 0 radical (unpaired) electrons. The van der Waals surface area contributed by atoms with Crippen molar-refractivity contribution in [2.24, 2.45) is 5.92 Å². The summed E-state index contributed by atoms with van der Waals surface area (Å²) in [5, 5.41) is 18.1. The van der Waals surface area contributed by atoms with Crippen LogP contribution in [0.4, 0.5) is 0 Å². The van der Waals surface area contributed by atoms with E-state index in [1.54, 1.807) is 7.05 Å². The van der Waals surface area contributed by atoms with Crippen molar-refractivity contribution in [2.45, 2.75) is 36.6 Å². The van der Waals surface area contributed by atoms with E-state index in [1.165, 1.54) is 22.5 Å². The fourth-order valence-electron chi connectivity index (χ4n) is 2.82. The van der Waals surface area contributed by atoms with Gasteiger partial charge in [0.05, 0.1) is 16.7 Å². The van der Waals surface area contributed by atoms with Crippen molar-refractivity contribution >= 4 is 21.6 Å². The Labute approximate surface area is 136 Å². The monoisotopic (exact) mass is 342 g/mol. The number of benzene rings is 1. The van der Waals surface area contributed by atoms with E-state index >= 15 is 0 Å². The third kappa shape index (κ3) is 3.44. The van der Waals surface area contributed by atoms with E-state index in [0.29, 0.717) is 5.56 Å². The molecule has 0 aliphatic heterocycles. The number of halogens is 1. The molecule has 1 aromatic carbocycles. The number of rotatable bonds is 4. The predicted molar refractivity (Wildman–Crippen MR) is 83.9 cm³/mol. The first-order valence-corrected chi connectivity index (χ1v) is 9.00. The molecule has 1 aliphatic carbocycles. The van der Waals surface area contributed by atoms with Gasteiger partial charge >= 0.3 is 0 Å². The average molecular weight is 343 g/mol. The molecule has 0 saturated heterocycles. The van der Waals surface area contributed by atoms with Crippen LogP contribution in [0.3, 0.4) is 0 Å². The second-order valence-electron chi connectivity index (χ2n) is 5.64. The highest BCUT2D eigenvalue weighted by molar-refractivity contribution is 7.89. The summed E-state index contributed by atoms with van der Waals surface area (Å²) in [7, 11) is -2.13. The second kappa shape index (κ2) is 6.97. The predicted octanol–water partition coefficient (Wildman–Crippen LogP) is 2.38. The van der Waals surface area contributed by atoms with Crippen molar-refractivity contribution in [1.82, 2.24) is 4.31 Å². The van der Waals surface area contributed by atoms with Crippen LogP contribution in [0, 0.1) is 17.2 Å². The van der Waals surface area contributed by atoms with Gasteiger partial charge in [-0.2, -0.15) is 9.57 Å². The number of aliphatic hydroxyl groups is 1. The Balaban J connectivity index is 2.22. The smallest absolute Gasteiger partial charge is 0.244 e. The van der Waals surface area contributed by atoms with Crippen LogP contribution in [0.5, 0.6) is 0 Å². The normalized spacial score (nSPS) is 22.5. The molecule has 1 fully saturated rings. The van der Waals surface area contributed by atoms with Crippen molar-refractivity contribution in [3.05, 3.63) is 28.8 Å². The van der Waals surface area contributed by atoms with Crippen molar-refractivity contribution in [3.63, 3.8) is 0 Å². The molecule has 120 valence electrons. The number of hydrogen-bond acceptors (Lipinski definition) is 4. The molecule has 2 rings (SSSR count). The average Bonchev–Trinajstić information content (AvgIpc) is 2.53. The lowest BCUT2D eigenvalue weighted by Gasteiger charge is -2.33. The molecular formula is C15H19ClN2O3S. The van der Waals surface area contributed by atoms with Crippen molar-refractivity contribution in [1.29, 1.82) is 5.26 Å². The fourth-order valence-corrected chi connectivity index (χ4v) is 4.75. The third-order valence-corrected chi connectivity index (χ3v) is 6.70. The number of sulfonamides is 1. The molecule has 1 saturated carbocycles. The van der Waals surface area contributed by atoms with Gasteiger partial charge in [-0.3, -0.25) is 0 Å². The lowest BCUT2D eigenvalue weighted by molar-refractivity contribution is 0.159. The van der Waals surface area contributed by atoms with E-state index in [2.05, 4.69) is 0 Å². The van der Waals surface area contributed by atoms with Crippen LogP contribution < -0.4 is 0 Å². The first kappa shape index (κ1) is 17.2. The van der Waals surface area contributed by atoms with Gasteiger partial charge in [0.25, 0.3) is 0 Å². The van der Waals surface area contributed by atoms with Crippen LogP contribution in [-0.4, -0.2) is 37.5 Å². The maximum Gasteiger partial charge on any atom is 0.244 e. The van der Waals surface area contributed by atoms with Gasteiger partial charge in [-0.15, -0.1) is 0 Å². The van der Waals surface area contributed by atoms with E-state index in [-0.39, 0.29) is 28.5 Å². The van der Waals surface area contributed by atoms with Gasteiger partial charge in [0.1, 0.15) is 4.90 Å². The summed E-state index contributed by atoms with van der Waals surface area (Å²) in [4.78, 5) is 0.0277. The van der Waals surface area contributed by atoms with Crippen LogP contribution in [0.25, 0.3) is 0 Å². The number of hydrogen-bond donors (Lipinski definition) is 1. The summed E-state index contributed by atoms with van der Waals surface area (Å²) >= 11 is 6.03. The molecule has 0 amide bonds. The molecule has 0 spiro atoms. The maximum atomic E-state index is 12.7. The summed E-state index contributed by atoms with van der Waals surface area (Å²) < 4.78 is 26.8. The molecule has 0 aromatic heterocycles. The zero-order valence-corrected chi connectivity index (χ0v) is 13.9. The SMILES string of the molecule is CN(C1CCC(CO)CC1)S(=O)(=O)c1ccc(C#N)cc1Cl. The summed E-state index contributed by atoms with van der Waals surface area (Å²) in [5.41, 5.74) is 0.329. The maximum absolute atomic E-state index is 12.7. The van der Waals surface area contributed by atoms with Gasteiger partial charge in [0.15, 0.2) is 0 Å². The topological polar surface area (TPSA) is 81.4 Å². The minimum absolute atomic E-state index is 0.0277. The molecule has 22 heavy (non-hydrogen) atoms. The van der Waals surface area contributed by atoms with Gasteiger partial charge in [-0.05, 0) is 49.8 Å². The molecule has 1 aliphatic rings. The van der Waals surface area contributed by atoms with Crippen LogP contribution in [0.15, 0.2) is 23.1 Å². The van der Waals surface area contributed by atoms with Crippen molar-refractivity contribution < 1.29 is 13.5 Å². The van der Waals surface area contributed by atoms with E-state index in [4.69, 9.17) is 22.0 Å². The molecular weight excluding hydrogens is 324 g/mol. The Hall–Kier alpha value is -1.13.